The fourth-order valence-corrected chi connectivity index (χ4v) is 2.56. The molecule has 1 aliphatic heterocycles. The van der Waals surface area contributed by atoms with Crippen molar-refractivity contribution in [3.05, 3.63) is 36.5 Å². The summed E-state index contributed by atoms with van der Waals surface area (Å²) in [7, 11) is 0. The highest BCUT2D eigenvalue weighted by molar-refractivity contribution is 5.57. The van der Waals surface area contributed by atoms with Gasteiger partial charge in [-0.1, -0.05) is 0 Å². The van der Waals surface area contributed by atoms with E-state index in [1.807, 2.05) is 44.2 Å². The lowest BCUT2D eigenvalue weighted by molar-refractivity contribution is 0.120. The number of hydrogen-bond donors (Lipinski definition) is 2. The summed E-state index contributed by atoms with van der Waals surface area (Å²) in [6, 6.07) is 9.68. The van der Waals surface area contributed by atoms with Crippen LogP contribution < -0.4 is 15.4 Å². The first-order valence-corrected chi connectivity index (χ1v) is 8.41. The van der Waals surface area contributed by atoms with Crippen LogP contribution in [-0.4, -0.2) is 35.3 Å². The first-order chi connectivity index (χ1) is 11.7. The minimum atomic E-state index is 0.170. The first-order valence-electron chi connectivity index (χ1n) is 8.41. The summed E-state index contributed by atoms with van der Waals surface area (Å²) >= 11 is 0. The quantitative estimate of drug-likeness (QED) is 0.809. The molecule has 0 bridgehead atoms. The van der Waals surface area contributed by atoms with E-state index in [1.54, 1.807) is 6.20 Å². The molecule has 1 aliphatic rings. The largest absolute Gasteiger partial charge is 0.491 e. The summed E-state index contributed by atoms with van der Waals surface area (Å²) in [4.78, 5) is 8.73. The summed E-state index contributed by atoms with van der Waals surface area (Å²) in [5.41, 5.74) is 0.954. The zero-order chi connectivity index (χ0) is 16.8. The van der Waals surface area contributed by atoms with Crippen LogP contribution in [0.3, 0.4) is 0 Å². The molecule has 6 heteroatoms. The van der Waals surface area contributed by atoms with Gasteiger partial charge in [0.15, 0.2) is 0 Å². The van der Waals surface area contributed by atoms with Gasteiger partial charge in [0.2, 0.25) is 5.95 Å². The van der Waals surface area contributed by atoms with Crippen LogP contribution in [0.25, 0.3) is 0 Å². The van der Waals surface area contributed by atoms with Crippen molar-refractivity contribution in [3.8, 4) is 5.75 Å². The van der Waals surface area contributed by atoms with E-state index >= 15 is 0 Å². The Balaban J connectivity index is 1.57. The van der Waals surface area contributed by atoms with Crippen molar-refractivity contribution < 1.29 is 9.47 Å². The van der Waals surface area contributed by atoms with Gasteiger partial charge in [-0.3, -0.25) is 0 Å². The van der Waals surface area contributed by atoms with Gasteiger partial charge in [-0.05, 0) is 57.0 Å². The van der Waals surface area contributed by atoms with E-state index < -0.39 is 0 Å². The van der Waals surface area contributed by atoms with Crippen molar-refractivity contribution >= 4 is 17.5 Å². The third-order valence-electron chi connectivity index (χ3n) is 3.67. The molecular weight excluding hydrogens is 304 g/mol. The molecule has 2 aromatic rings. The number of benzene rings is 1. The second-order valence-corrected chi connectivity index (χ2v) is 6.10. The molecule has 1 atom stereocenters. The van der Waals surface area contributed by atoms with Gasteiger partial charge in [-0.15, -0.1) is 0 Å². The van der Waals surface area contributed by atoms with Crippen molar-refractivity contribution in [1.29, 1.82) is 0 Å². The Morgan fingerprint density at radius 3 is 2.79 bits per heavy atom. The molecule has 0 amide bonds. The van der Waals surface area contributed by atoms with Gasteiger partial charge >= 0.3 is 0 Å². The molecule has 0 radical (unpaired) electrons. The smallest absolute Gasteiger partial charge is 0.224 e. The lowest BCUT2D eigenvalue weighted by Gasteiger charge is -2.12. The van der Waals surface area contributed by atoms with E-state index in [0.29, 0.717) is 5.95 Å². The molecule has 2 N–H and O–H groups in total. The van der Waals surface area contributed by atoms with E-state index in [9.17, 15) is 0 Å². The van der Waals surface area contributed by atoms with Crippen LogP contribution in [-0.2, 0) is 4.74 Å². The summed E-state index contributed by atoms with van der Waals surface area (Å²) in [6.07, 6.45) is 4.40. The van der Waals surface area contributed by atoms with Crippen LogP contribution in [0.5, 0.6) is 5.75 Å². The third kappa shape index (κ3) is 4.83. The fraction of sp³-hybridized carbons (Fsp3) is 0.444. The minimum absolute atomic E-state index is 0.170. The second-order valence-electron chi connectivity index (χ2n) is 6.10. The molecule has 24 heavy (non-hydrogen) atoms. The molecule has 3 rings (SSSR count). The summed E-state index contributed by atoms with van der Waals surface area (Å²) in [5, 5.41) is 6.51. The highest BCUT2D eigenvalue weighted by Gasteiger charge is 2.15. The molecule has 0 saturated carbocycles. The molecule has 1 aromatic heterocycles. The predicted octanol–water partition coefficient (Wildman–Crippen LogP) is 3.60. The van der Waals surface area contributed by atoms with Crippen LogP contribution in [0.1, 0.15) is 26.7 Å². The van der Waals surface area contributed by atoms with Crippen LogP contribution in [0.2, 0.25) is 0 Å². The van der Waals surface area contributed by atoms with E-state index in [0.717, 1.165) is 43.2 Å². The Kier molecular flexibility index (Phi) is 5.48. The van der Waals surface area contributed by atoms with Gasteiger partial charge in [0.25, 0.3) is 0 Å². The Hall–Kier alpha value is -2.34. The summed E-state index contributed by atoms with van der Waals surface area (Å²) in [5.74, 6) is 2.21. The van der Waals surface area contributed by atoms with Gasteiger partial charge in [-0.25, -0.2) is 4.98 Å². The van der Waals surface area contributed by atoms with E-state index in [1.165, 1.54) is 0 Å². The molecule has 0 spiro atoms. The van der Waals surface area contributed by atoms with Crippen LogP contribution in [0.4, 0.5) is 17.5 Å². The molecule has 1 fully saturated rings. The molecule has 6 nitrogen and oxygen atoms in total. The van der Waals surface area contributed by atoms with Crippen LogP contribution >= 0.6 is 0 Å². The number of aromatic nitrogens is 2. The highest BCUT2D eigenvalue weighted by atomic mass is 16.5. The van der Waals surface area contributed by atoms with Crippen molar-refractivity contribution in [2.75, 3.05) is 23.8 Å². The number of ether oxygens (including phenoxy) is 2. The number of anilines is 3. The Morgan fingerprint density at radius 1 is 1.25 bits per heavy atom. The maximum Gasteiger partial charge on any atom is 0.224 e. The topological polar surface area (TPSA) is 68.3 Å². The van der Waals surface area contributed by atoms with Gasteiger partial charge in [0, 0.05) is 25.0 Å². The third-order valence-corrected chi connectivity index (χ3v) is 3.67. The minimum Gasteiger partial charge on any atom is -0.491 e. The van der Waals surface area contributed by atoms with Crippen molar-refractivity contribution in [1.82, 2.24) is 9.97 Å². The van der Waals surface area contributed by atoms with Gasteiger partial charge in [-0.2, -0.15) is 4.98 Å². The average Bonchev–Trinajstić information content (AvgIpc) is 3.08. The normalized spacial score (nSPS) is 17.0. The zero-order valence-corrected chi connectivity index (χ0v) is 14.2. The monoisotopic (exact) mass is 328 g/mol. The van der Waals surface area contributed by atoms with E-state index in [4.69, 9.17) is 9.47 Å². The van der Waals surface area contributed by atoms with Crippen LogP contribution in [0, 0.1) is 0 Å². The second kappa shape index (κ2) is 7.97. The van der Waals surface area contributed by atoms with E-state index in [2.05, 4.69) is 20.6 Å². The maximum atomic E-state index is 5.64. The van der Waals surface area contributed by atoms with Gasteiger partial charge < -0.3 is 20.1 Å². The number of nitrogens with one attached hydrogen (secondary N) is 2. The van der Waals surface area contributed by atoms with Crippen molar-refractivity contribution in [3.63, 3.8) is 0 Å². The highest BCUT2D eigenvalue weighted by Crippen LogP contribution is 2.20. The summed E-state index contributed by atoms with van der Waals surface area (Å²) < 4.78 is 11.2. The first kappa shape index (κ1) is 16.5. The van der Waals surface area contributed by atoms with Crippen molar-refractivity contribution in [2.45, 2.75) is 38.9 Å². The molecule has 0 aliphatic carbocycles. The number of hydrogen-bond acceptors (Lipinski definition) is 6. The molecular formula is C18H24N4O2. The SMILES string of the molecule is CC(C)Oc1ccc(Nc2ccnc(NCC3CCCO3)n2)cc1. The molecule has 1 unspecified atom stereocenters. The molecule has 1 saturated heterocycles. The standard InChI is InChI=1S/C18H24N4O2/c1-13(2)24-15-7-5-14(6-8-15)21-17-9-10-19-18(22-17)20-12-16-4-3-11-23-16/h5-10,13,16H,3-4,11-12H2,1-2H3,(H2,19,20,21,22). The zero-order valence-electron chi connectivity index (χ0n) is 14.2. The summed E-state index contributed by atoms with van der Waals surface area (Å²) in [6.45, 7) is 5.62. The fourth-order valence-electron chi connectivity index (χ4n) is 2.56. The maximum absolute atomic E-state index is 5.64. The van der Waals surface area contributed by atoms with Gasteiger partial charge in [0.1, 0.15) is 11.6 Å². The van der Waals surface area contributed by atoms with Crippen molar-refractivity contribution in [2.24, 2.45) is 0 Å². The number of rotatable bonds is 7. The molecule has 1 aromatic carbocycles. The predicted molar refractivity (Wildman–Crippen MR) is 95.0 cm³/mol. The molecule has 2 heterocycles. The van der Waals surface area contributed by atoms with Crippen LogP contribution in [0.15, 0.2) is 36.5 Å². The van der Waals surface area contributed by atoms with E-state index in [-0.39, 0.29) is 12.2 Å². The van der Waals surface area contributed by atoms with Gasteiger partial charge in [0.05, 0.1) is 12.2 Å². The lowest BCUT2D eigenvalue weighted by atomic mass is 10.2. The Bertz CT molecular complexity index is 640. The lowest BCUT2D eigenvalue weighted by Crippen LogP contribution is -2.19. The number of nitrogens with zero attached hydrogens (tertiary/aromatic N) is 2. The molecule has 128 valence electrons. The Morgan fingerprint density at radius 2 is 2.08 bits per heavy atom. The Labute approximate surface area is 142 Å². The average molecular weight is 328 g/mol.